The third kappa shape index (κ3) is 2.45. The van der Waals surface area contributed by atoms with Crippen LogP contribution in [0.3, 0.4) is 0 Å². The van der Waals surface area contributed by atoms with E-state index in [1.165, 1.54) is 6.07 Å². The van der Waals surface area contributed by atoms with Crippen LogP contribution in [0.5, 0.6) is 5.75 Å². The van der Waals surface area contributed by atoms with Crippen molar-refractivity contribution in [1.82, 2.24) is 9.55 Å². The Bertz CT molecular complexity index is 525. The van der Waals surface area contributed by atoms with Crippen LogP contribution in [0, 0.1) is 5.82 Å². The first-order chi connectivity index (χ1) is 8.76. The lowest BCUT2D eigenvalue weighted by Gasteiger charge is -2.11. The maximum atomic E-state index is 13.8. The summed E-state index contributed by atoms with van der Waals surface area (Å²) in [7, 11) is 1.56. The Morgan fingerprint density at radius 1 is 1.44 bits per heavy atom. The number of hydrogen-bond donors (Lipinski definition) is 1. The second-order valence-corrected chi connectivity index (χ2v) is 3.86. The molecule has 1 heterocycles. The lowest BCUT2D eigenvalue weighted by molar-refractivity contribution is 0.413. The smallest absolute Gasteiger partial charge is 0.207 e. The van der Waals surface area contributed by atoms with Crippen molar-refractivity contribution in [2.45, 2.75) is 13.3 Å². The highest BCUT2D eigenvalue weighted by Gasteiger charge is 2.10. The van der Waals surface area contributed by atoms with Gasteiger partial charge in [0.1, 0.15) is 11.6 Å². The van der Waals surface area contributed by atoms with Gasteiger partial charge in [0.2, 0.25) is 5.95 Å². The molecule has 18 heavy (non-hydrogen) atoms. The highest BCUT2D eigenvalue weighted by molar-refractivity contribution is 5.46. The highest BCUT2D eigenvalue weighted by atomic mass is 19.1. The van der Waals surface area contributed by atoms with E-state index in [0.717, 1.165) is 13.0 Å². The van der Waals surface area contributed by atoms with Gasteiger partial charge in [0.15, 0.2) is 0 Å². The van der Waals surface area contributed by atoms with E-state index < -0.39 is 0 Å². The molecule has 0 amide bonds. The fourth-order valence-electron chi connectivity index (χ4n) is 1.67. The molecule has 1 N–H and O–H groups in total. The summed E-state index contributed by atoms with van der Waals surface area (Å²) < 4.78 is 20.6. The standard InChI is InChI=1S/C13H16FN3O/c1-3-6-15-13-16-7-8-17(13)12-9-10(18-2)4-5-11(12)14/h4-5,7-9H,3,6H2,1-2H3,(H,15,16). The molecule has 0 fully saturated rings. The molecular weight excluding hydrogens is 233 g/mol. The van der Waals surface area contributed by atoms with Crippen LogP contribution in [0.2, 0.25) is 0 Å². The van der Waals surface area contributed by atoms with Crippen molar-refractivity contribution >= 4 is 5.95 Å². The van der Waals surface area contributed by atoms with Crippen molar-refractivity contribution in [3.8, 4) is 11.4 Å². The Morgan fingerprint density at radius 2 is 2.28 bits per heavy atom. The van der Waals surface area contributed by atoms with Gasteiger partial charge in [-0.15, -0.1) is 0 Å². The maximum absolute atomic E-state index is 13.8. The van der Waals surface area contributed by atoms with Crippen molar-refractivity contribution in [2.75, 3.05) is 19.0 Å². The molecular formula is C13H16FN3O. The summed E-state index contributed by atoms with van der Waals surface area (Å²) in [5, 5.41) is 3.15. The molecule has 0 saturated carbocycles. The topological polar surface area (TPSA) is 39.1 Å². The Morgan fingerprint density at radius 3 is 3.00 bits per heavy atom. The second-order valence-electron chi connectivity index (χ2n) is 3.86. The van der Waals surface area contributed by atoms with Crippen LogP contribution in [0.15, 0.2) is 30.6 Å². The average Bonchev–Trinajstić information content (AvgIpc) is 2.85. The first-order valence-corrected chi connectivity index (χ1v) is 5.87. The summed E-state index contributed by atoms with van der Waals surface area (Å²) in [6.45, 7) is 2.86. The van der Waals surface area contributed by atoms with Crippen LogP contribution in [-0.4, -0.2) is 23.2 Å². The van der Waals surface area contributed by atoms with Gasteiger partial charge >= 0.3 is 0 Å². The van der Waals surface area contributed by atoms with E-state index >= 15 is 0 Å². The molecule has 1 aromatic carbocycles. The molecule has 0 aliphatic heterocycles. The summed E-state index contributed by atoms with van der Waals surface area (Å²) in [5.41, 5.74) is 0.422. The predicted molar refractivity (Wildman–Crippen MR) is 68.9 cm³/mol. The summed E-state index contributed by atoms with van der Waals surface area (Å²) >= 11 is 0. The first kappa shape index (κ1) is 12.4. The van der Waals surface area contributed by atoms with Crippen LogP contribution in [0.4, 0.5) is 10.3 Å². The zero-order chi connectivity index (χ0) is 13.0. The van der Waals surface area contributed by atoms with E-state index in [0.29, 0.717) is 17.4 Å². The molecule has 2 aromatic rings. The van der Waals surface area contributed by atoms with Gasteiger partial charge in [-0.25, -0.2) is 9.37 Å². The van der Waals surface area contributed by atoms with Crippen LogP contribution in [0.1, 0.15) is 13.3 Å². The van der Waals surface area contributed by atoms with E-state index in [4.69, 9.17) is 4.74 Å². The molecule has 0 aliphatic rings. The zero-order valence-corrected chi connectivity index (χ0v) is 10.5. The van der Waals surface area contributed by atoms with Gasteiger partial charge in [-0.3, -0.25) is 4.57 Å². The van der Waals surface area contributed by atoms with Gasteiger partial charge < -0.3 is 10.1 Å². The third-order valence-corrected chi connectivity index (χ3v) is 2.59. The number of ether oxygens (including phenoxy) is 1. The van der Waals surface area contributed by atoms with Crippen molar-refractivity contribution in [1.29, 1.82) is 0 Å². The SMILES string of the molecule is CCCNc1nccn1-c1cc(OC)ccc1F. The van der Waals surface area contributed by atoms with Crippen molar-refractivity contribution < 1.29 is 9.13 Å². The molecule has 1 aromatic heterocycles. The first-order valence-electron chi connectivity index (χ1n) is 5.87. The summed E-state index contributed by atoms with van der Waals surface area (Å²) in [4.78, 5) is 4.17. The van der Waals surface area contributed by atoms with Gasteiger partial charge in [0.25, 0.3) is 0 Å². The normalized spacial score (nSPS) is 10.4. The van der Waals surface area contributed by atoms with Gasteiger partial charge in [-0.1, -0.05) is 6.92 Å². The average molecular weight is 249 g/mol. The molecule has 5 heteroatoms. The van der Waals surface area contributed by atoms with Crippen molar-refractivity contribution in [3.05, 3.63) is 36.4 Å². The van der Waals surface area contributed by atoms with Crippen molar-refractivity contribution in [3.63, 3.8) is 0 Å². The number of rotatable bonds is 5. The second kappa shape index (κ2) is 5.53. The molecule has 4 nitrogen and oxygen atoms in total. The van der Waals surface area contributed by atoms with Gasteiger partial charge in [-0.05, 0) is 18.6 Å². The molecule has 0 saturated heterocycles. The van der Waals surface area contributed by atoms with Crippen LogP contribution >= 0.6 is 0 Å². The molecule has 0 atom stereocenters. The van der Waals surface area contributed by atoms with E-state index in [9.17, 15) is 4.39 Å². The van der Waals surface area contributed by atoms with Crippen LogP contribution in [0.25, 0.3) is 5.69 Å². The number of nitrogens with zero attached hydrogens (tertiary/aromatic N) is 2. The minimum absolute atomic E-state index is 0.312. The summed E-state index contributed by atoms with van der Waals surface area (Å²) in [6.07, 6.45) is 4.33. The van der Waals surface area contributed by atoms with Crippen molar-refractivity contribution in [2.24, 2.45) is 0 Å². The summed E-state index contributed by atoms with van der Waals surface area (Å²) in [5.74, 6) is 0.930. The Kier molecular flexibility index (Phi) is 3.82. The zero-order valence-electron chi connectivity index (χ0n) is 10.5. The largest absolute Gasteiger partial charge is 0.497 e. The number of methoxy groups -OCH3 is 1. The number of anilines is 1. The van der Waals surface area contributed by atoms with E-state index in [1.54, 1.807) is 36.2 Å². The monoisotopic (exact) mass is 249 g/mol. The third-order valence-electron chi connectivity index (χ3n) is 2.59. The summed E-state index contributed by atoms with van der Waals surface area (Å²) in [6, 6.07) is 4.63. The van der Waals surface area contributed by atoms with E-state index in [-0.39, 0.29) is 5.82 Å². The number of benzene rings is 1. The Hall–Kier alpha value is -2.04. The van der Waals surface area contributed by atoms with E-state index in [1.807, 2.05) is 0 Å². The number of aromatic nitrogens is 2. The molecule has 96 valence electrons. The molecule has 0 bridgehead atoms. The van der Waals surface area contributed by atoms with Gasteiger partial charge in [-0.2, -0.15) is 0 Å². The maximum Gasteiger partial charge on any atom is 0.207 e. The van der Waals surface area contributed by atoms with Gasteiger partial charge in [0, 0.05) is 25.0 Å². The Balaban J connectivity index is 2.38. The molecule has 0 radical (unpaired) electrons. The fraction of sp³-hybridized carbons (Fsp3) is 0.308. The molecule has 0 aliphatic carbocycles. The number of halogens is 1. The minimum atomic E-state index is -0.312. The Labute approximate surface area is 105 Å². The lowest BCUT2D eigenvalue weighted by atomic mass is 10.3. The molecule has 0 unspecified atom stereocenters. The quantitative estimate of drug-likeness (QED) is 0.885. The van der Waals surface area contributed by atoms with Crippen LogP contribution in [-0.2, 0) is 0 Å². The molecule has 0 spiro atoms. The van der Waals surface area contributed by atoms with Gasteiger partial charge in [0.05, 0.1) is 12.8 Å². The van der Waals surface area contributed by atoms with Crippen LogP contribution < -0.4 is 10.1 Å². The predicted octanol–water partition coefficient (Wildman–Crippen LogP) is 2.84. The number of nitrogens with one attached hydrogen (secondary N) is 1. The number of imidazole rings is 1. The fourth-order valence-corrected chi connectivity index (χ4v) is 1.67. The number of hydrogen-bond acceptors (Lipinski definition) is 3. The minimum Gasteiger partial charge on any atom is -0.497 e. The lowest BCUT2D eigenvalue weighted by Crippen LogP contribution is -2.07. The molecule has 2 rings (SSSR count). The van der Waals surface area contributed by atoms with E-state index in [2.05, 4.69) is 17.2 Å². The highest BCUT2D eigenvalue weighted by Crippen LogP contribution is 2.22.